The fourth-order valence-corrected chi connectivity index (χ4v) is 4.69. The van der Waals surface area contributed by atoms with Gasteiger partial charge in [-0.25, -0.2) is 0 Å². The van der Waals surface area contributed by atoms with E-state index in [9.17, 15) is 4.79 Å². The zero-order chi connectivity index (χ0) is 17.9. The van der Waals surface area contributed by atoms with Crippen molar-refractivity contribution < 1.29 is 9.53 Å². The van der Waals surface area contributed by atoms with Crippen molar-refractivity contribution in [1.29, 1.82) is 0 Å². The lowest BCUT2D eigenvalue weighted by Gasteiger charge is -2.32. The molecule has 2 unspecified atom stereocenters. The molecule has 0 saturated carbocycles. The molecule has 0 bridgehead atoms. The Hall–Kier alpha value is -2.43. The second kappa shape index (κ2) is 7.44. The third kappa shape index (κ3) is 3.30. The maximum absolute atomic E-state index is 13.2. The van der Waals surface area contributed by atoms with Crippen LogP contribution >= 0.6 is 11.3 Å². The number of hydrogen-bond donors (Lipinski definition) is 1. The van der Waals surface area contributed by atoms with E-state index in [-0.39, 0.29) is 17.7 Å². The zero-order valence-electron chi connectivity index (χ0n) is 14.6. The molecule has 0 radical (unpaired) electrons. The average molecular weight is 363 g/mol. The number of thiophene rings is 1. The minimum Gasteiger partial charge on any atom is -0.497 e. The first-order chi connectivity index (χ1) is 12.8. The SMILES string of the molecule is COc1ccc(C(=O)C2NCc3ccsc3C2Cc2ccccc2)cc1. The van der Waals surface area contributed by atoms with Crippen LogP contribution in [0.5, 0.6) is 5.75 Å². The standard InChI is InChI=1S/C22H21NO2S/c1-25-18-9-7-16(8-10-18)21(24)20-19(13-15-5-3-2-4-6-15)22-17(14-23-20)11-12-26-22/h2-12,19-20,23H,13-14H2,1H3. The third-order valence-electron chi connectivity index (χ3n) is 4.99. The van der Waals surface area contributed by atoms with Crippen LogP contribution in [-0.2, 0) is 13.0 Å². The smallest absolute Gasteiger partial charge is 0.180 e. The highest BCUT2D eigenvalue weighted by Gasteiger charge is 2.35. The number of rotatable bonds is 5. The molecule has 0 saturated heterocycles. The Labute approximate surface area is 157 Å². The van der Waals surface area contributed by atoms with Gasteiger partial charge in [-0.3, -0.25) is 4.79 Å². The Morgan fingerprint density at radius 1 is 1.12 bits per heavy atom. The van der Waals surface area contributed by atoms with Gasteiger partial charge in [-0.1, -0.05) is 30.3 Å². The molecule has 132 valence electrons. The number of Topliss-reactive ketones (excluding diaryl/α,β-unsaturated/α-hetero) is 1. The maximum Gasteiger partial charge on any atom is 0.180 e. The Bertz CT molecular complexity index is 886. The lowest BCUT2D eigenvalue weighted by Crippen LogP contribution is -2.45. The van der Waals surface area contributed by atoms with Crippen molar-refractivity contribution in [2.45, 2.75) is 24.9 Å². The molecule has 4 rings (SSSR count). The first-order valence-electron chi connectivity index (χ1n) is 8.78. The van der Waals surface area contributed by atoms with Gasteiger partial charge < -0.3 is 10.1 Å². The van der Waals surface area contributed by atoms with E-state index in [1.807, 2.05) is 30.3 Å². The molecule has 1 aliphatic rings. The molecular formula is C22H21NO2S. The molecule has 0 fully saturated rings. The van der Waals surface area contributed by atoms with Gasteiger partial charge in [-0.05, 0) is 53.3 Å². The van der Waals surface area contributed by atoms with Crippen LogP contribution in [0, 0.1) is 0 Å². The van der Waals surface area contributed by atoms with Crippen molar-refractivity contribution in [3.05, 3.63) is 87.6 Å². The Kier molecular flexibility index (Phi) is 4.87. The van der Waals surface area contributed by atoms with Crippen molar-refractivity contribution in [3.63, 3.8) is 0 Å². The van der Waals surface area contributed by atoms with Crippen molar-refractivity contribution in [3.8, 4) is 5.75 Å². The highest BCUT2D eigenvalue weighted by Crippen LogP contribution is 2.36. The van der Waals surface area contributed by atoms with Crippen molar-refractivity contribution in [2.24, 2.45) is 0 Å². The van der Waals surface area contributed by atoms with E-state index in [0.717, 1.165) is 24.3 Å². The van der Waals surface area contributed by atoms with E-state index < -0.39 is 0 Å². The van der Waals surface area contributed by atoms with Crippen molar-refractivity contribution in [2.75, 3.05) is 7.11 Å². The van der Waals surface area contributed by atoms with Gasteiger partial charge in [0.05, 0.1) is 13.2 Å². The van der Waals surface area contributed by atoms with Gasteiger partial charge in [0.25, 0.3) is 0 Å². The number of benzene rings is 2. The number of nitrogens with one attached hydrogen (secondary N) is 1. The molecule has 1 aliphatic heterocycles. The van der Waals surface area contributed by atoms with E-state index in [1.165, 1.54) is 16.0 Å². The van der Waals surface area contributed by atoms with E-state index in [0.29, 0.717) is 0 Å². The molecule has 1 N–H and O–H groups in total. The van der Waals surface area contributed by atoms with E-state index in [2.05, 4.69) is 41.0 Å². The van der Waals surface area contributed by atoms with Crippen molar-refractivity contribution in [1.82, 2.24) is 5.32 Å². The van der Waals surface area contributed by atoms with Gasteiger partial charge in [0.15, 0.2) is 5.78 Å². The number of carbonyl (C=O) groups excluding carboxylic acids is 1. The summed E-state index contributed by atoms with van der Waals surface area (Å²) in [5.74, 6) is 1.06. The van der Waals surface area contributed by atoms with Crippen molar-refractivity contribution >= 4 is 17.1 Å². The first kappa shape index (κ1) is 17.0. The topological polar surface area (TPSA) is 38.3 Å². The predicted molar refractivity (Wildman–Crippen MR) is 105 cm³/mol. The highest BCUT2D eigenvalue weighted by molar-refractivity contribution is 7.10. The summed E-state index contributed by atoms with van der Waals surface area (Å²) in [6.45, 7) is 0.747. The minimum atomic E-state index is -0.213. The van der Waals surface area contributed by atoms with E-state index in [4.69, 9.17) is 4.74 Å². The van der Waals surface area contributed by atoms with Gasteiger partial charge in [0.2, 0.25) is 0 Å². The normalized spacial score (nSPS) is 19.0. The Morgan fingerprint density at radius 3 is 2.62 bits per heavy atom. The van der Waals surface area contributed by atoms with Crippen LogP contribution in [0.4, 0.5) is 0 Å². The van der Waals surface area contributed by atoms with Crippen LogP contribution in [0.25, 0.3) is 0 Å². The molecule has 26 heavy (non-hydrogen) atoms. The second-order valence-electron chi connectivity index (χ2n) is 6.56. The number of methoxy groups -OCH3 is 1. The summed E-state index contributed by atoms with van der Waals surface area (Å²) >= 11 is 1.76. The van der Waals surface area contributed by atoms with Gasteiger partial charge in [0.1, 0.15) is 5.75 Å². The van der Waals surface area contributed by atoms with Gasteiger partial charge in [-0.15, -0.1) is 11.3 Å². The zero-order valence-corrected chi connectivity index (χ0v) is 15.5. The summed E-state index contributed by atoms with van der Waals surface area (Å²) < 4.78 is 5.21. The van der Waals surface area contributed by atoms with Gasteiger partial charge >= 0.3 is 0 Å². The summed E-state index contributed by atoms with van der Waals surface area (Å²) in [5, 5.41) is 5.61. The molecule has 1 aromatic heterocycles. The van der Waals surface area contributed by atoms with Crippen LogP contribution in [0.3, 0.4) is 0 Å². The average Bonchev–Trinajstić information content (AvgIpc) is 3.18. The molecule has 0 aliphatic carbocycles. The number of fused-ring (bicyclic) bond motifs is 1. The molecule has 0 spiro atoms. The molecule has 2 heterocycles. The molecule has 2 atom stereocenters. The monoisotopic (exact) mass is 363 g/mol. The number of ketones is 1. The fourth-order valence-electron chi connectivity index (χ4n) is 3.62. The van der Waals surface area contributed by atoms with E-state index >= 15 is 0 Å². The summed E-state index contributed by atoms with van der Waals surface area (Å²) in [4.78, 5) is 14.6. The van der Waals surface area contributed by atoms with Gasteiger partial charge in [-0.2, -0.15) is 0 Å². The molecule has 3 nitrogen and oxygen atoms in total. The molecule has 4 heteroatoms. The molecule has 0 amide bonds. The van der Waals surface area contributed by atoms with Crippen LogP contribution in [-0.4, -0.2) is 18.9 Å². The summed E-state index contributed by atoms with van der Waals surface area (Å²) in [6, 6.07) is 19.8. The predicted octanol–water partition coefficient (Wildman–Crippen LogP) is 4.44. The summed E-state index contributed by atoms with van der Waals surface area (Å²) in [7, 11) is 1.63. The Morgan fingerprint density at radius 2 is 1.88 bits per heavy atom. The minimum absolute atomic E-state index is 0.146. The lowest BCUT2D eigenvalue weighted by molar-refractivity contribution is 0.0921. The largest absolute Gasteiger partial charge is 0.497 e. The quantitative estimate of drug-likeness (QED) is 0.681. The first-order valence-corrected chi connectivity index (χ1v) is 9.66. The van der Waals surface area contributed by atoms with Crippen LogP contribution in [0.15, 0.2) is 66.0 Å². The summed E-state index contributed by atoms with van der Waals surface area (Å²) in [6.07, 6.45) is 0.855. The second-order valence-corrected chi connectivity index (χ2v) is 7.51. The molecular weight excluding hydrogens is 342 g/mol. The third-order valence-corrected chi connectivity index (χ3v) is 6.08. The Balaban J connectivity index is 1.65. The fraction of sp³-hybridized carbons (Fsp3) is 0.227. The van der Waals surface area contributed by atoms with Gasteiger partial charge in [0, 0.05) is 22.9 Å². The van der Waals surface area contributed by atoms with Crippen LogP contribution in [0.1, 0.15) is 32.3 Å². The maximum atomic E-state index is 13.2. The lowest BCUT2D eigenvalue weighted by atomic mass is 9.82. The number of ether oxygens (including phenoxy) is 1. The molecule has 2 aromatic carbocycles. The van der Waals surface area contributed by atoms with E-state index in [1.54, 1.807) is 18.4 Å². The number of hydrogen-bond acceptors (Lipinski definition) is 4. The molecule has 3 aromatic rings. The summed E-state index contributed by atoms with van der Waals surface area (Å²) in [5.41, 5.74) is 3.30. The van der Waals surface area contributed by atoms with Crippen LogP contribution in [0.2, 0.25) is 0 Å². The van der Waals surface area contributed by atoms with Crippen LogP contribution < -0.4 is 10.1 Å². The highest BCUT2D eigenvalue weighted by atomic mass is 32.1. The number of carbonyl (C=O) groups is 1.